The number of benzene rings is 1. The van der Waals surface area contributed by atoms with Crippen LogP contribution in [0.5, 0.6) is 0 Å². The van der Waals surface area contributed by atoms with Crippen molar-refractivity contribution in [1.29, 1.82) is 0 Å². The Bertz CT molecular complexity index is 376. The zero-order chi connectivity index (χ0) is 12.3. The molecular formula is C9H15F2NO3S+2. The molecule has 0 aliphatic carbocycles. The van der Waals surface area contributed by atoms with Gasteiger partial charge in [0.15, 0.2) is 10.7 Å². The number of likely N-dealkylation sites (N-methyl/N-ethyl adjacent to an activating group) is 1. The SMILES string of the molecule is CN(CCO)S([OH2+])([OH2+])c1ccc(F)cc1F. The van der Waals surface area contributed by atoms with E-state index in [1.54, 1.807) is 0 Å². The lowest BCUT2D eigenvalue weighted by Gasteiger charge is -2.31. The normalized spacial score (nSPS) is 13.2. The van der Waals surface area contributed by atoms with E-state index in [1.807, 2.05) is 0 Å². The first kappa shape index (κ1) is 13.3. The number of nitrogens with zero attached hydrogens (tertiary/aromatic N) is 1. The highest BCUT2D eigenvalue weighted by Crippen LogP contribution is 2.51. The van der Waals surface area contributed by atoms with Crippen molar-refractivity contribution in [1.82, 2.24) is 4.31 Å². The van der Waals surface area contributed by atoms with Crippen molar-refractivity contribution in [3.8, 4) is 0 Å². The first-order chi connectivity index (χ1) is 7.39. The molecule has 0 saturated heterocycles. The van der Waals surface area contributed by atoms with Crippen molar-refractivity contribution in [3.63, 3.8) is 0 Å². The second-order valence-corrected chi connectivity index (χ2v) is 5.45. The topological polar surface area (TPSA) is 69.3 Å². The van der Waals surface area contributed by atoms with E-state index in [4.69, 9.17) is 14.2 Å². The number of halogens is 2. The van der Waals surface area contributed by atoms with E-state index in [0.717, 1.165) is 12.1 Å². The van der Waals surface area contributed by atoms with Crippen molar-refractivity contribution in [2.24, 2.45) is 0 Å². The quantitative estimate of drug-likeness (QED) is 0.783. The summed E-state index contributed by atoms with van der Waals surface area (Å²) < 4.78 is 42.9. The second kappa shape index (κ2) is 5.07. The molecule has 1 rings (SSSR count). The molecule has 0 bridgehead atoms. The molecule has 92 valence electrons. The van der Waals surface area contributed by atoms with Crippen LogP contribution in [0, 0.1) is 11.6 Å². The van der Waals surface area contributed by atoms with Crippen LogP contribution in [0.4, 0.5) is 8.78 Å². The fraction of sp³-hybridized carbons (Fsp3) is 0.333. The van der Waals surface area contributed by atoms with Crippen LogP contribution in [0.25, 0.3) is 0 Å². The molecule has 0 atom stereocenters. The van der Waals surface area contributed by atoms with Gasteiger partial charge in [-0.2, -0.15) is 0 Å². The minimum atomic E-state index is -3.02. The van der Waals surface area contributed by atoms with E-state index < -0.39 is 22.4 Å². The molecule has 1 aromatic rings. The molecule has 0 aromatic heterocycles. The van der Waals surface area contributed by atoms with Crippen molar-refractivity contribution >= 4 is 10.8 Å². The van der Waals surface area contributed by atoms with Crippen LogP contribution in [0.3, 0.4) is 0 Å². The smallest absolute Gasteiger partial charge is 0.200 e. The van der Waals surface area contributed by atoms with Crippen molar-refractivity contribution < 1.29 is 23.0 Å². The molecule has 0 heterocycles. The van der Waals surface area contributed by atoms with Crippen LogP contribution in [0.2, 0.25) is 0 Å². The molecule has 0 saturated carbocycles. The second-order valence-electron chi connectivity index (χ2n) is 3.23. The summed E-state index contributed by atoms with van der Waals surface area (Å²) in [5.74, 6) is -1.63. The van der Waals surface area contributed by atoms with Gasteiger partial charge in [-0.25, -0.2) is 8.78 Å². The van der Waals surface area contributed by atoms with E-state index in [1.165, 1.54) is 11.4 Å². The highest BCUT2D eigenvalue weighted by Gasteiger charge is 2.33. The fourth-order valence-electron chi connectivity index (χ4n) is 1.16. The molecule has 0 amide bonds. The number of rotatable bonds is 4. The molecule has 0 spiro atoms. The number of aliphatic hydroxyl groups excluding tert-OH is 1. The summed E-state index contributed by atoms with van der Waals surface area (Å²) >= 11 is 0. The Morgan fingerprint density at radius 2 is 2.00 bits per heavy atom. The van der Waals surface area contributed by atoms with E-state index in [0.29, 0.717) is 6.07 Å². The molecule has 7 heteroatoms. The lowest BCUT2D eigenvalue weighted by molar-refractivity contribution is 0.256. The van der Waals surface area contributed by atoms with Gasteiger partial charge in [-0.15, -0.1) is 4.31 Å². The average molecular weight is 255 g/mol. The maximum Gasteiger partial charge on any atom is 0.200 e. The van der Waals surface area contributed by atoms with Gasteiger partial charge in [0.05, 0.1) is 17.4 Å². The Kier molecular flexibility index (Phi) is 4.22. The summed E-state index contributed by atoms with van der Waals surface area (Å²) in [5, 5.41) is 8.71. The Hall–Kier alpha value is -0.730. The van der Waals surface area contributed by atoms with Crippen molar-refractivity contribution in [3.05, 3.63) is 29.8 Å². The van der Waals surface area contributed by atoms with Crippen LogP contribution in [0.15, 0.2) is 23.1 Å². The molecule has 5 N–H and O–H groups in total. The third-order valence-electron chi connectivity index (χ3n) is 2.09. The van der Waals surface area contributed by atoms with Crippen molar-refractivity contribution in [2.75, 3.05) is 20.2 Å². The Morgan fingerprint density at radius 1 is 1.38 bits per heavy atom. The van der Waals surface area contributed by atoms with Crippen LogP contribution in [0.1, 0.15) is 0 Å². The zero-order valence-corrected chi connectivity index (χ0v) is 9.52. The number of aliphatic hydroxyl groups is 1. The predicted octanol–water partition coefficient (Wildman–Crippen LogP) is 0.247. The minimum absolute atomic E-state index is 0.0964. The fourth-order valence-corrected chi connectivity index (χ4v) is 2.46. The molecular weight excluding hydrogens is 240 g/mol. The van der Waals surface area contributed by atoms with E-state index in [2.05, 4.69) is 0 Å². The summed E-state index contributed by atoms with van der Waals surface area (Å²) in [4.78, 5) is -0.162. The monoisotopic (exact) mass is 255 g/mol. The van der Waals surface area contributed by atoms with Crippen LogP contribution in [-0.2, 0) is 0 Å². The molecule has 0 unspecified atom stereocenters. The standard InChI is InChI=1S/C9H13F2NO3S/c1-12(4-5-13)16(14,15)9-3-2-7(10)6-8(9)11/h2-3,6,13-15H,4-5H2,1H3/p+2. The van der Waals surface area contributed by atoms with Crippen LogP contribution < -0.4 is 0 Å². The molecule has 0 fully saturated rings. The summed E-state index contributed by atoms with van der Waals surface area (Å²) in [7, 11) is -1.56. The summed E-state index contributed by atoms with van der Waals surface area (Å²) in [6.07, 6.45) is 0. The zero-order valence-electron chi connectivity index (χ0n) is 8.70. The van der Waals surface area contributed by atoms with E-state index >= 15 is 0 Å². The molecule has 0 aliphatic rings. The van der Waals surface area contributed by atoms with Gasteiger partial charge in [0, 0.05) is 19.7 Å². The highest BCUT2D eigenvalue weighted by molar-refractivity contribution is 8.22. The predicted molar refractivity (Wildman–Crippen MR) is 59.2 cm³/mol. The lowest BCUT2D eigenvalue weighted by Crippen LogP contribution is -2.27. The van der Waals surface area contributed by atoms with Crippen LogP contribution in [-0.4, -0.2) is 38.7 Å². The van der Waals surface area contributed by atoms with E-state index in [-0.39, 0.29) is 18.0 Å². The number of hydrogen-bond acceptors (Lipinski definition) is 2. The van der Waals surface area contributed by atoms with Gasteiger partial charge in [0.25, 0.3) is 0 Å². The van der Waals surface area contributed by atoms with Gasteiger partial charge < -0.3 is 5.11 Å². The van der Waals surface area contributed by atoms with Gasteiger partial charge >= 0.3 is 0 Å². The third-order valence-corrected chi connectivity index (χ3v) is 4.18. The van der Waals surface area contributed by atoms with Crippen molar-refractivity contribution in [2.45, 2.75) is 4.90 Å². The molecule has 4 nitrogen and oxygen atoms in total. The first-order valence-electron chi connectivity index (χ1n) is 4.49. The first-order valence-corrected chi connectivity index (χ1v) is 6.08. The van der Waals surface area contributed by atoms with Gasteiger partial charge in [-0.3, -0.25) is 9.11 Å². The Labute approximate surface area is 93.6 Å². The van der Waals surface area contributed by atoms with Crippen LogP contribution >= 0.6 is 10.8 Å². The van der Waals surface area contributed by atoms with Gasteiger partial charge in [-0.05, 0) is 12.1 Å². The summed E-state index contributed by atoms with van der Waals surface area (Å²) in [6, 6.07) is 2.79. The van der Waals surface area contributed by atoms with Gasteiger partial charge in [-0.1, -0.05) is 0 Å². The van der Waals surface area contributed by atoms with Gasteiger partial charge in [0.2, 0.25) is 0 Å². The average Bonchev–Trinajstić information content (AvgIpc) is 2.17. The molecule has 16 heavy (non-hydrogen) atoms. The molecule has 0 aliphatic heterocycles. The highest BCUT2D eigenvalue weighted by atomic mass is 32.3. The maximum atomic E-state index is 13.4. The van der Waals surface area contributed by atoms with E-state index in [9.17, 15) is 8.78 Å². The Morgan fingerprint density at radius 3 is 2.50 bits per heavy atom. The largest absolute Gasteiger partial charge is 0.395 e. The lowest BCUT2D eigenvalue weighted by atomic mass is 10.3. The minimum Gasteiger partial charge on any atom is -0.395 e. The number of hydrogen-bond donors (Lipinski definition) is 1. The molecule has 0 radical (unpaired) electrons. The van der Waals surface area contributed by atoms with Gasteiger partial charge in [0.1, 0.15) is 5.82 Å². The maximum absolute atomic E-state index is 13.4. The Balaban J connectivity index is 3.06. The summed E-state index contributed by atoms with van der Waals surface area (Å²) in [5.41, 5.74) is 0. The molecule has 1 aromatic carbocycles. The third kappa shape index (κ3) is 2.69. The summed E-state index contributed by atoms with van der Waals surface area (Å²) in [6.45, 7) is -0.120.